The van der Waals surface area contributed by atoms with Crippen LogP contribution in [0.25, 0.3) is 0 Å². The van der Waals surface area contributed by atoms with Gasteiger partial charge in [0.2, 0.25) is 0 Å². The smallest absolute Gasteiger partial charge is 0.271 e. The van der Waals surface area contributed by atoms with E-state index in [0.717, 1.165) is 12.8 Å². The van der Waals surface area contributed by atoms with Crippen LogP contribution >= 0.6 is 11.3 Å². The maximum absolute atomic E-state index is 12.5. The van der Waals surface area contributed by atoms with Crippen LogP contribution in [0.4, 0.5) is 0 Å². The van der Waals surface area contributed by atoms with Crippen LogP contribution in [-0.4, -0.2) is 20.4 Å². The van der Waals surface area contributed by atoms with E-state index >= 15 is 0 Å². The molecule has 3 aromatic rings. The number of nitrogens with zero attached hydrogens (tertiary/aromatic N) is 3. The van der Waals surface area contributed by atoms with E-state index in [9.17, 15) is 4.79 Å². The number of amides is 1. The van der Waals surface area contributed by atoms with Crippen molar-refractivity contribution in [3.8, 4) is 0 Å². The molecule has 1 aliphatic carbocycles. The first-order valence-electron chi connectivity index (χ1n) is 7.57. The first kappa shape index (κ1) is 14.1. The number of carbonyl (C=O) groups is 1. The van der Waals surface area contributed by atoms with Gasteiger partial charge in [0.15, 0.2) is 0 Å². The second-order valence-electron chi connectivity index (χ2n) is 5.64. The maximum atomic E-state index is 12.5. The van der Waals surface area contributed by atoms with E-state index in [-0.39, 0.29) is 18.0 Å². The van der Waals surface area contributed by atoms with Crippen LogP contribution in [0.2, 0.25) is 0 Å². The van der Waals surface area contributed by atoms with Crippen LogP contribution in [0.3, 0.4) is 0 Å². The van der Waals surface area contributed by atoms with Gasteiger partial charge in [0.1, 0.15) is 5.69 Å². The summed E-state index contributed by atoms with van der Waals surface area (Å²) in [5.41, 5.74) is 4.63. The summed E-state index contributed by atoms with van der Waals surface area (Å²) in [7, 11) is 0. The molecule has 0 fully saturated rings. The number of aryl methyl sites for hydroxylation is 1. The summed E-state index contributed by atoms with van der Waals surface area (Å²) in [6.45, 7) is 0. The Bertz CT molecular complexity index is 798. The number of imidazole rings is 1. The number of aromatic nitrogens is 3. The average molecular weight is 324 g/mol. The van der Waals surface area contributed by atoms with Gasteiger partial charge in [-0.25, -0.2) is 9.97 Å². The van der Waals surface area contributed by atoms with E-state index in [1.807, 2.05) is 18.6 Å². The van der Waals surface area contributed by atoms with Crippen LogP contribution in [-0.2, 0) is 6.42 Å². The number of rotatable bonds is 3. The average Bonchev–Trinajstić information content (AvgIpc) is 3.29. The third-order valence-electron chi connectivity index (χ3n) is 4.34. The molecule has 0 unspecified atom stereocenters. The van der Waals surface area contributed by atoms with Crippen molar-refractivity contribution in [3.63, 3.8) is 0 Å². The lowest BCUT2D eigenvalue weighted by molar-refractivity contribution is 0.0913. The minimum absolute atomic E-state index is 0.0802. The predicted octanol–water partition coefficient (Wildman–Crippen LogP) is 3.00. The Hall–Kier alpha value is -2.47. The van der Waals surface area contributed by atoms with Crippen LogP contribution in [0.15, 0.2) is 53.9 Å². The van der Waals surface area contributed by atoms with Crippen molar-refractivity contribution in [2.24, 2.45) is 0 Å². The number of hydrogen-bond donors (Lipinski definition) is 1. The molecular formula is C17H16N4OS. The Morgan fingerprint density at radius 2 is 2.26 bits per heavy atom. The molecular weight excluding hydrogens is 308 g/mol. The van der Waals surface area contributed by atoms with Crippen molar-refractivity contribution in [1.29, 1.82) is 0 Å². The minimum atomic E-state index is -0.127. The molecule has 2 heterocycles. The van der Waals surface area contributed by atoms with Crippen LogP contribution in [0.1, 0.15) is 40.1 Å². The molecule has 1 amide bonds. The second kappa shape index (κ2) is 5.96. The molecule has 116 valence electrons. The van der Waals surface area contributed by atoms with Gasteiger partial charge in [-0.15, -0.1) is 11.3 Å². The first-order valence-corrected chi connectivity index (χ1v) is 8.51. The second-order valence-corrected chi connectivity index (χ2v) is 6.36. The summed E-state index contributed by atoms with van der Waals surface area (Å²) in [5, 5.41) is 4.95. The third-order valence-corrected chi connectivity index (χ3v) is 4.93. The molecule has 4 rings (SSSR count). The summed E-state index contributed by atoms with van der Waals surface area (Å²) in [4.78, 5) is 20.8. The molecule has 0 spiro atoms. The molecule has 23 heavy (non-hydrogen) atoms. The van der Waals surface area contributed by atoms with Crippen molar-refractivity contribution in [2.45, 2.75) is 24.9 Å². The molecule has 1 aromatic carbocycles. The molecule has 2 aromatic heterocycles. The lowest BCUT2D eigenvalue weighted by Crippen LogP contribution is -2.37. The zero-order valence-electron chi connectivity index (χ0n) is 12.4. The molecule has 0 aliphatic heterocycles. The summed E-state index contributed by atoms with van der Waals surface area (Å²) >= 11 is 1.43. The van der Waals surface area contributed by atoms with Crippen LogP contribution < -0.4 is 5.32 Å². The predicted molar refractivity (Wildman–Crippen MR) is 88.3 cm³/mol. The van der Waals surface area contributed by atoms with Crippen molar-refractivity contribution in [2.75, 3.05) is 0 Å². The fourth-order valence-electron chi connectivity index (χ4n) is 3.24. The van der Waals surface area contributed by atoms with E-state index in [1.165, 1.54) is 22.5 Å². The Morgan fingerprint density at radius 3 is 3.04 bits per heavy atom. The monoisotopic (exact) mass is 324 g/mol. The van der Waals surface area contributed by atoms with Gasteiger partial charge in [-0.1, -0.05) is 24.3 Å². The van der Waals surface area contributed by atoms with Gasteiger partial charge in [0.05, 0.1) is 23.9 Å². The molecule has 5 nitrogen and oxygen atoms in total. The highest BCUT2D eigenvalue weighted by Gasteiger charge is 2.32. The maximum Gasteiger partial charge on any atom is 0.271 e. The van der Waals surface area contributed by atoms with Crippen LogP contribution in [0, 0.1) is 0 Å². The van der Waals surface area contributed by atoms with Gasteiger partial charge in [-0.3, -0.25) is 4.79 Å². The van der Waals surface area contributed by atoms with Gasteiger partial charge >= 0.3 is 0 Å². The Balaban J connectivity index is 1.70. The molecule has 2 atom stereocenters. The summed E-state index contributed by atoms with van der Waals surface area (Å²) in [6, 6.07) is 8.40. The molecule has 0 saturated carbocycles. The normalized spacial score (nSPS) is 20.0. The highest BCUT2D eigenvalue weighted by molar-refractivity contribution is 7.07. The van der Waals surface area contributed by atoms with Crippen LogP contribution in [0.5, 0.6) is 0 Å². The highest BCUT2D eigenvalue weighted by Crippen LogP contribution is 2.37. The molecule has 0 radical (unpaired) electrons. The Kier molecular flexibility index (Phi) is 3.67. The number of nitrogens with one attached hydrogen (secondary N) is 1. The summed E-state index contributed by atoms with van der Waals surface area (Å²) in [6.07, 6.45) is 7.53. The molecule has 1 aliphatic rings. The number of fused-ring (bicyclic) bond motifs is 1. The SMILES string of the molecule is O=C(N[C@H]1c2ccccc2CC[C@@H]1n1ccnc1)c1cscn1. The van der Waals surface area contributed by atoms with Crippen molar-refractivity contribution < 1.29 is 4.79 Å². The van der Waals surface area contributed by atoms with E-state index in [0.29, 0.717) is 5.69 Å². The largest absolute Gasteiger partial charge is 0.342 e. The first-order chi connectivity index (χ1) is 11.3. The lowest BCUT2D eigenvalue weighted by atomic mass is 9.83. The zero-order chi connectivity index (χ0) is 15.6. The van der Waals surface area contributed by atoms with Gasteiger partial charge in [-0.2, -0.15) is 0 Å². The minimum Gasteiger partial charge on any atom is -0.342 e. The fraction of sp³-hybridized carbons (Fsp3) is 0.235. The summed E-state index contributed by atoms with van der Waals surface area (Å²) in [5.74, 6) is -0.127. The molecule has 0 saturated heterocycles. The van der Waals surface area contributed by atoms with Gasteiger partial charge in [-0.05, 0) is 24.0 Å². The number of hydrogen-bond acceptors (Lipinski definition) is 4. The molecule has 0 bridgehead atoms. The van der Waals surface area contributed by atoms with Gasteiger partial charge in [0, 0.05) is 17.8 Å². The van der Waals surface area contributed by atoms with E-state index in [2.05, 4.69) is 38.1 Å². The zero-order valence-corrected chi connectivity index (χ0v) is 13.2. The number of carbonyl (C=O) groups excluding carboxylic acids is 1. The molecule has 6 heteroatoms. The Labute approximate surface area is 138 Å². The van der Waals surface area contributed by atoms with Crippen molar-refractivity contribution in [3.05, 3.63) is 70.7 Å². The highest BCUT2D eigenvalue weighted by atomic mass is 32.1. The standard InChI is InChI=1S/C17H16N4OS/c22-17(14-9-23-11-19-14)20-16-13-4-2-1-3-12(13)5-6-15(16)21-8-7-18-10-21/h1-4,7-11,15-16H,5-6H2,(H,20,22)/t15-,16-/m0/s1. The van der Waals surface area contributed by atoms with Gasteiger partial charge in [0.25, 0.3) is 5.91 Å². The number of thiazole rings is 1. The van der Waals surface area contributed by atoms with Gasteiger partial charge < -0.3 is 9.88 Å². The number of benzene rings is 1. The Morgan fingerprint density at radius 1 is 1.35 bits per heavy atom. The van der Waals surface area contributed by atoms with E-state index < -0.39 is 0 Å². The van der Waals surface area contributed by atoms with Crippen molar-refractivity contribution in [1.82, 2.24) is 19.9 Å². The quantitative estimate of drug-likeness (QED) is 0.806. The summed E-state index contributed by atoms with van der Waals surface area (Å²) < 4.78 is 2.09. The third kappa shape index (κ3) is 2.66. The van der Waals surface area contributed by atoms with Crippen molar-refractivity contribution >= 4 is 17.2 Å². The topological polar surface area (TPSA) is 59.8 Å². The van der Waals surface area contributed by atoms with E-state index in [1.54, 1.807) is 17.1 Å². The van der Waals surface area contributed by atoms with E-state index in [4.69, 9.17) is 0 Å². The fourth-order valence-corrected chi connectivity index (χ4v) is 3.78. The molecule has 1 N–H and O–H groups in total. The lowest BCUT2D eigenvalue weighted by Gasteiger charge is -2.34.